The van der Waals surface area contributed by atoms with Crippen LogP contribution in [0.5, 0.6) is 0 Å². The van der Waals surface area contributed by atoms with Gasteiger partial charge in [-0.05, 0) is 51.0 Å². The predicted octanol–water partition coefficient (Wildman–Crippen LogP) is 2.10. The van der Waals surface area contributed by atoms with Crippen LogP contribution >= 0.6 is 0 Å². The van der Waals surface area contributed by atoms with E-state index in [9.17, 15) is 14.4 Å². The number of carboxylic acid groups (broad SMARTS) is 1. The Kier molecular flexibility index (Phi) is 5.59. The Hall–Kier alpha value is -2.37. The molecule has 130 valence electrons. The summed E-state index contributed by atoms with van der Waals surface area (Å²) in [5.41, 5.74) is 0.636. The zero-order valence-corrected chi connectivity index (χ0v) is 14.4. The highest BCUT2D eigenvalue weighted by Crippen LogP contribution is 2.21. The van der Waals surface area contributed by atoms with Gasteiger partial charge in [-0.1, -0.05) is 0 Å². The van der Waals surface area contributed by atoms with Crippen molar-refractivity contribution >= 4 is 17.8 Å². The van der Waals surface area contributed by atoms with Gasteiger partial charge < -0.3 is 14.9 Å². The van der Waals surface area contributed by atoms with Crippen LogP contribution in [0.15, 0.2) is 24.3 Å². The summed E-state index contributed by atoms with van der Waals surface area (Å²) < 4.78 is 0. The molecule has 0 bridgehead atoms. The summed E-state index contributed by atoms with van der Waals surface area (Å²) in [6.45, 7) is 5.05. The van der Waals surface area contributed by atoms with E-state index in [4.69, 9.17) is 5.11 Å². The number of aromatic carboxylic acids is 1. The molecule has 0 unspecified atom stereocenters. The molecule has 1 aromatic rings. The van der Waals surface area contributed by atoms with Crippen LogP contribution in [0.4, 0.5) is 0 Å². The molecule has 1 fully saturated rings. The van der Waals surface area contributed by atoms with Crippen molar-refractivity contribution in [3.63, 3.8) is 0 Å². The van der Waals surface area contributed by atoms with Gasteiger partial charge in [-0.15, -0.1) is 0 Å². The third-order valence-electron chi connectivity index (χ3n) is 4.63. The lowest BCUT2D eigenvalue weighted by Crippen LogP contribution is -2.45. The summed E-state index contributed by atoms with van der Waals surface area (Å²) in [6.07, 6.45) is 1.32. The average Bonchev–Trinajstić information content (AvgIpc) is 2.60. The first-order chi connectivity index (χ1) is 11.3. The summed E-state index contributed by atoms with van der Waals surface area (Å²) >= 11 is 0. The third-order valence-corrected chi connectivity index (χ3v) is 4.63. The molecule has 1 aliphatic heterocycles. The van der Waals surface area contributed by atoms with Crippen molar-refractivity contribution in [3.8, 4) is 0 Å². The van der Waals surface area contributed by atoms with E-state index < -0.39 is 5.97 Å². The lowest BCUT2D eigenvalue weighted by atomic mass is 9.94. The van der Waals surface area contributed by atoms with Gasteiger partial charge in [-0.2, -0.15) is 0 Å². The number of piperidine rings is 1. The van der Waals surface area contributed by atoms with Gasteiger partial charge in [0.15, 0.2) is 0 Å². The topological polar surface area (TPSA) is 77.9 Å². The first kappa shape index (κ1) is 18.0. The number of hydrogen-bond donors (Lipinski definition) is 1. The zero-order chi connectivity index (χ0) is 17.9. The smallest absolute Gasteiger partial charge is 0.335 e. The SMILES string of the molecule is CC(C)N(C)C(=O)C1CCN(C(=O)c2ccc(C(=O)O)cc2)CC1. The standard InChI is InChI=1S/C18H24N2O4/c1-12(2)19(3)16(21)14-8-10-20(11-9-14)17(22)13-4-6-15(7-5-13)18(23)24/h4-7,12,14H,8-11H2,1-3H3,(H,23,24). The Labute approximate surface area is 142 Å². The largest absolute Gasteiger partial charge is 0.478 e. The van der Waals surface area contributed by atoms with Crippen LogP contribution in [0.2, 0.25) is 0 Å². The van der Waals surface area contributed by atoms with Gasteiger partial charge in [0.2, 0.25) is 5.91 Å². The Morgan fingerprint density at radius 1 is 1.08 bits per heavy atom. The number of likely N-dealkylation sites (tertiary alicyclic amines) is 1. The molecule has 24 heavy (non-hydrogen) atoms. The Bertz CT molecular complexity index is 616. The van der Waals surface area contributed by atoms with Crippen LogP contribution in [0.1, 0.15) is 47.4 Å². The summed E-state index contributed by atoms with van der Waals surface area (Å²) in [6, 6.07) is 6.11. The maximum atomic E-state index is 12.5. The number of carbonyl (C=O) groups is 3. The maximum Gasteiger partial charge on any atom is 0.335 e. The first-order valence-electron chi connectivity index (χ1n) is 8.20. The number of amides is 2. The molecule has 1 N–H and O–H groups in total. The van der Waals surface area contributed by atoms with Crippen LogP contribution in [0.3, 0.4) is 0 Å². The second-order valence-corrected chi connectivity index (χ2v) is 6.49. The minimum absolute atomic E-state index is 0.0316. The fourth-order valence-electron chi connectivity index (χ4n) is 2.81. The monoisotopic (exact) mass is 332 g/mol. The summed E-state index contributed by atoms with van der Waals surface area (Å²) in [5, 5.41) is 8.90. The minimum atomic E-state index is -1.01. The lowest BCUT2D eigenvalue weighted by Gasteiger charge is -2.34. The highest BCUT2D eigenvalue weighted by Gasteiger charge is 2.30. The Morgan fingerprint density at radius 2 is 1.58 bits per heavy atom. The highest BCUT2D eigenvalue weighted by molar-refractivity contribution is 5.96. The van der Waals surface area contributed by atoms with Gasteiger partial charge in [0.25, 0.3) is 5.91 Å². The number of benzene rings is 1. The van der Waals surface area contributed by atoms with Gasteiger partial charge >= 0.3 is 5.97 Å². The summed E-state index contributed by atoms with van der Waals surface area (Å²) in [4.78, 5) is 39.2. The Morgan fingerprint density at radius 3 is 2.04 bits per heavy atom. The van der Waals surface area contributed by atoms with Crippen LogP contribution in [-0.2, 0) is 4.79 Å². The average molecular weight is 332 g/mol. The molecule has 6 nitrogen and oxygen atoms in total. The zero-order valence-electron chi connectivity index (χ0n) is 14.4. The molecule has 0 saturated carbocycles. The van der Waals surface area contributed by atoms with Gasteiger partial charge in [-0.3, -0.25) is 9.59 Å². The maximum absolute atomic E-state index is 12.5. The van der Waals surface area contributed by atoms with E-state index in [1.165, 1.54) is 24.3 Å². The highest BCUT2D eigenvalue weighted by atomic mass is 16.4. The molecule has 0 spiro atoms. The fourth-order valence-corrected chi connectivity index (χ4v) is 2.81. The molecule has 1 heterocycles. The Balaban J connectivity index is 1.95. The lowest BCUT2D eigenvalue weighted by molar-refractivity contribution is -0.137. The van der Waals surface area contributed by atoms with E-state index >= 15 is 0 Å². The van der Waals surface area contributed by atoms with Crippen LogP contribution in [0, 0.1) is 5.92 Å². The van der Waals surface area contributed by atoms with E-state index in [2.05, 4.69) is 0 Å². The molecule has 0 aliphatic carbocycles. The number of rotatable bonds is 4. The summed E-state index contributed by atoms with van der Waals surface area (Å²) in [5.74, 6) is -1.02. The molecule has 1 aliphatic rings. The second kappa shape index (κ2) is 7.47. The quantitative estimate of drug-likeness (QED) is 0.916. The van der Waals surface area contributed by atoms with Crippen molar-refractivity contribution in [2.24, 2.45) is 5.92 Å². The molecule has 0 radical (unpaired) electrons. The van der Waals surface area contributed by atoms with Crippen molar-refractivity contribution in [1.82, 2.24) is 9.80 Å². The van der Waals surface area contributed by atoms with Gasteiger partial charge in [0.05, 0.1) is 5.56 Å². The van der Waals surface area contributed by atoms with Gasteiger partial charge in [0.1, 0.15) is 0 Å². The van der Waals surface area contributed by atoms with Gasteiger partial charge in [0, 0.05) is 37.7 Å². The normalized spacial score (nSPS) is 15.4. The number of hydrogen-bond acceptors (Lipinski definition) is 3. The molecular weight excluding hydrogens is 308 g/mol. The van der Waals surface area contributed by atoms with E-state index in [1.54, 1.807) is 9.80 Å². The second-order valence-electron chi connectivity index (χ2n) is 6.49. The molecule has 1 saturated heterocycles. The van der Waals surface area contributed by atoms with E-state index in [0.717, 1.165) is 0 Å². The van der Waals surface area contributed by atoms with E-state index in [-0.39, 0.29) is 29.3 Å². The van der Waals surface area contributed by atoms with Crippen LogP contribution < -0.4 is 0 Å². The van der Waals surface area contributed by atoms with Crippen molar-refractivity contribution in [1.29, 1.82) is 0 Å². The van der Waals surface area contributed by atoms with E-state index in [1.807, 2.05) is 20.9 Å². The minimum Gasteiger partial charge on any atom is -0.478 e. The van der Waals surface area contributed by atoms with Crippen molar-refractivity contribution in [2.75, 3.05) is 20.1 Å². The molecule has 1 aromatic carbocycles. The molecule has 0 atom stereocenters. The van der Waals surface area contributed by atoms with E-state index in [0.29, 0.717) is 31.5 Å². The van der Waals surface area contributed by atoms with Crippen LogP contribution in [0.25, 0.3) is 0 Å². The number of nitrogens with zero attached hydrogens (tertiary/aromatic N) is 2. The molecule has 2 amide bonds. The van der Waals surface area contributed by atoms with Crippen LogP contribution in [-0.4, -0.2) is 58.9 Å². The molecular formula is C18H24N2O4. The first-order valence-corrected chi connectivity index (χ1v) is 8.20. The van der Waals surface area contributed by atoms with Crippen molar-refractivity contribution < 1.29 is 19.5 Å². The summed E-state index contributed by atoms with van der Waals surface area (Å²) in [7, 11) is 1.81. The number of carboxylic acids is 1. The fraction of sp³-hybridized carbons (Fsp3) is 0.500. The van der Waals surface area contributed by atoms with Gasteiger partial charge in [-0.25, -0.2) is 4.79 Å². The molecule has 0 aromatic heterocycles. The predicted molar refractivity (Wildman–Crippen MR) is 89.9 cm³/mol. The van der Waals surface area contributed by atoms with Crippen molar-refractivity contribution in [2.45, 2.75) is 32.7 Å². The molecule has 6 heteroatoms. The number of carbonyl (C=O) groups excluding carboxylic acids is 2. The third kappa shape index (κ3) is 3.93. The van der Waals surface area contributed by atoms with Crippen molar-refractivity contribution in [3.05, 3.63) is 35.4 Å². The molecule has 2 rings (SSSR count).